The first-order valence-electron chi connectivity index (χ1n) is 11.7. The maximum atomic E-state index is 14.6. The molecule has 3 heterocycles. The van der Waals surface area contributed by atoms with Crippen molar-refractivity contribution in [1.29, 1.82) is 0 Å². The largest absolute Gasteiger partial charge is 0.493 e. The Morgan fingerprint density at radius 3 is 2.68 bits per heavy atom. The van der Waals surface area contributed by atoms with E-state index in [-0.39, 0.29) is 18.8 Å². The van der Waals surface area contributed by atoms with Gasteiger partial charge in [-0.15, -0.1) is 19.4 Å². The van der Waals surface area contributed by atoms with Crippen molar-refractivity contribution in [2.24, 2.45) is 17.8 Å². The minimum Gasteiger partial charge on any atom is -0.493 e. The molecule has 1 aliphatic carbocycles. The number of rotatable bonds is 9. The lowest BCUT2D eigenvalue weighted by Crippen LogP contribution is -2.35. The van der Waals surface area contributed by atoms with E-state index in [9.17, 15) is 4.39 Å². The third-order valence-corrected chi connectivity index (χ3v) is 7.49. The number of aliphatic hydroxyl groups is 1. The van der Waals surface area contributed by atoms with Gasteiger partial charge in [0.15, 0.2) is 0 Å². The number of nitrogens with zero attached hydrogens (tertiary/aromatic N) is 5. The number of ether oxygens (including phenoxy) is 1. The minimum absolute atomic E-state index is 0.0324. The van der Waals surface area contributed by atoms with Crippen LogP contribution >= 0.6 is 9.24 Å². The van der Waals surface area contributed by atoms with Gasteiger partial charge >= 0.3 is 0 Å². The number of aromatic nitrogens is 4. The smallest absolute Gasteiger partial charge is 0.225 e. The van der Waals surface area contributed by atoms with Gasteiger partial charge in [0.1, 0.15) is 11.6 Å². The van der Waals surface area contributed by atoms with Crippen molar-refractivity contribution in [2.75, 3.05) is 24.6 Å². The van der Waals surface area contributed by atoms with Crippen LogP contribution in [0.1, 0.15) is 42.7 Å². The van der Waals surface area contributed by atoms with Crippen molar-refractivity contribution in [2.45, 2.75) is 38.7 Å². The van der Waals surface area contributed by atoms with E-state index in [1.807, 2.05) is 6.07 Å². The predicted octanol–water partition coefficient (Wildman–Crippen LogP) is 2.90. The minimum atomic E-state index is -0.327. The van der Waals surface area contributed by atoms with Gasteiger partial charge in [0.25, 0.3) is 0 Å². The average Bonchev–Trinajstić information content (AvgIpc) is 3.43. The first kappa shape index (κ1) is 23.1. The summed E-state index contributed by atoms with van der Waals surface area (Å²) in [6, 6.07) is 3.28. The van der Waals surface area contributed by atoms with Crippen LogP contribution in [0.5, 0.6) is 5.75 Å². The first-order chi connectivity index (χ1) is 16.6. The predicted molar refractivity (Wildman–Crippen MR) is 127 cm³/mol. The van der Waals surface area contributed by atoms with Crippen molar-refractivity contribution >= 4 is 20.5 Å². The summed E-state index contributed by atoms with van der Waals surface area (Å²) < 4.78 is 25.6. The number of hydrogen-bond donors (Lipinski definition) is 1. The fourth-order valence-corrected chi connectivity index (χ4v) is 5.36. The van der Waals surface area contributed by atoms with Crippen LogP contribution in [-0.2, 0) is 13.0 Å². The summed E-state index contributed by atoms with van der Waals surface area (Å²) in [4.78, 5) is 11.0. The summed E-state index contributed by atoms with van der Waals surface area (Å²) in [5, 5.41) is 17.3. The van der Waals surface area contributed by atoms with Crippen LogP contribution in [-0.4, -0.2) is 45.0 Å². The average molecular weight is 486 g/mol. The molecule has 10 heteroatoms. The normalized spacial score (nSPS) is 20.5. The zero-order valence-corrected chi connectivity index (χ0v) is 20.1. The van der Waals surface area contributed by atoms with Crippen LogP contribution in [0.3, 0.4) is 0 Å². The Hall–Kier alpha value is -2.64. The van der Waals surface area contributed by atoms with Gasteiger partial charge in [0.05, 0.1) is 19.6 Å². The monoisotopic (exact) mass is 485 g/mol. The molecule has 8 nitrogen and oxygen atoms in total. The maximum Gasteiger partial charge on any atom is 0.225 e. The number of aliphatic hydroxyl groups excluding tert-OH is 1. The second-order valence-corrected chi connectivity index (χ2v) is 9.77. The zero-order valence-electron chi connectivity index (χ0n) is 18.9. The van der Waals surface area contributed by atoms with Crippen LogP contribution in [0.4, 0.5) is 10.3 Å². The Labute approximate surface area is 200 Å². The van der Waals surface area contributed by atoms with E-state index < -0.39 is 0 Å². The van der Waals surface area contributed by atoms with Crippen LogP contribution in [0.2, 0.25) is 0 Å². The van der Waals surface area contributed by atoms with Crippen molar-refractivity contribution in [1.82, 2.24) is 20.2 Å². The molecule has 34 heavy (non-hydrogen) atoms. The quantitative estimate of drug-likeness (QED) is 0.462. The van der Waals surface area contributed by atoms with Gasteiger partial charge in [0.2, 0.25) is 18.2 Å². The highest BCUT2D eigenvalue weighted by Crippen LogP contribution is 2.49. The van der Waals surface area contributed by atoms with Gasteiger partial charge in [-0.3, -0.25) is 0 Å². The van der Waals surface area contributed by atoms with E-state index in [0.717, 1.165) is 61.0 Å². The molecule has 1 saturated carbocycles. The van der Waals surface area contributed by atoms with E-state index in [1.165, 1.54) is 18.9 Å². The summed E-state index contributed by atoms with van der Waals surface area (Å²) in [7, 11) is 2.57. The molecule has 0 amide bonds. The second-order valence-electron chi connectivity index (χ2n) is 9.15. The molecule has 3 atom stereocenters. The number of hydrogen-bond acceptors (Lipinski definition) is 8. The number of benzene rings is 1. The van der Waals surface area contributed by atoms with Gasteiger partial charge in [-0.1, -0.05) is 0 Å². The molecule has 1 aliphatic heterocycles. The number of halogens is 1. The molecule has 1 saturated heterocycles. The summed E-state index contributed by atoms with van der Waals surface area (Å²) >= 11 is 0. The van der Waals surface area contributed by atoms with E-state index in [4.69, 9.17) is 14.3 Å². The summed E-state index contributed by atoms with van der Waals surface area (Å²) in [6.45, 7) is 2.50. The molecule has 0 spiro atoms. The molecule has 5 rings (SSSR count). The first-order valence-corrected chi connectivity index (χ1v) is 12.3. The van der Waals surface area contributed by atoms with Gasteiger partial charge in [-0.25, -0.2) is 14.4 Å². The van der Waals surface area contributed by atoms with Crippen molar-refractivity contribution in [3.05, 3.63) is 53.8 Å². The Balaban J connectivity index is 1.05. The highest BCUT2D eigenvalue weighted by molar-refractivity contribution is 7.27. The van der Waals surface area contributed by atoms with Crippen LogP contribution < -0.4 is 14.9 Å². The molecule has 2 aromatic heterocycles. The molecule has 0 bridgehead atoms. The van der Waals surface area contributed by atoms with Gasteiger partial charge < -0.3 is 19.2 Å². The van der Waals surface area contributed by atoms with Crippen molar-refractivity contribution in [3.8, 4) is 5.75 Å². The van der Waals surface area contributed by atoms with E-state index in [0.29, 0.717) is 29.7 Å². The SMILES string of the molecule is OCc1cnc(N2CCC([C@H]3C[C@H]3CCOc3cc(F)c(Cc4nnco4)c(P)c3)CC2)nc1. The standard InChI is InChI=1S/C24H29FN5O3P/c25-21-8-18(9-22(34)20(21)10-23-29-28-14-33-23)32-6-3-17-7-19(17)16-1-4-30(5-2-16)24-26-11-15(13-31)12-27-24/h8-9,11-12,14,16-17,19,31H,1-7,10,13,34H2/t17-,19-/m1/s1. The molecule has 1 N–H and O–H groups in total. The second kappa shape index (κ2) is 10.3. The third-order valence-electron chi connectivity index (χ3n) is 6.97. The van der Waals surface area contributed by atoms with E-state index >= 15 is 0 Å². The molecule has 2 fully saturated rings. The Morgan fingerprint density at radius 2 is 2.00 bits per heavy atom. The number of piperidine rings is 1. The summed E-state index contributed by atoms with van der Waals surface area (Å²) in [5.74, 6) is 3.54. The Morgan fingerprint density at radius 1 is 1.21 bits per heavy atom. The van der Waals surface area contributed by atoms with E-state index in [2.05, 4.69) is 34.3 Å². The fourth-order valence-electron chi connectivity index (χ4n) is 4.95. The van der Waals surface area contributed by atoms with Crippen LogP contribution in [0.15, 0.2) is 35.3 Å². The lowest BCUT2D eigenvalue weighted by Gasteiger charge is -2.32. The molecular formula is C24H29FN5O3P. The van der Waals surface area contributed by atoms with E-state index in [1.54, 1.807) is 12.4 Å². The van der Waals surface area contributed by atoms with Crippen molar-refractivity contribution < 1.29 is 18.7 Å². The molecule has 2 aliphatic rings. The molecular weight excluding hydrogens is 456 g/mol. The number of anilines is 1. The Bertz CT molecular complexity index is 1070. The molecule has 1 aromatic carbocycles. The van der Waals surface area contributed by atoms with Gasteiger partial charge in [-0.2, -0.15) is 0 Å². The third kappa shape index (κ3) is 5.36. The summed E-state index contributed by atoms with van der Waals surface area (Å²) in [6.07, 6.45) is 9.43. The van der Waals surface area contributed by atoms with Crippen LogP contribution in [0.25, 0.3) is 0 Å². The lowest BCUT2D eigenvalue weighted by molar-refractivity contribution is 0.280. The lowest BCUT2D eigenvalue weighted by atomic mass is 9.90. The fraction of sp³-hybridized carbons (Fsp3) is 0.500. The molecule has 1 unspecified atom stereocenters. The van der Waals surface area contributed by atoms with Crippen molar-refractivity contribution in [3.63, 3.8) is 0 Å². The van der Waals surface area contributed by atoms with Gasteiger partial charge in [-0.05, 0) is 54.8 Å². The zero-order chi connectivity index (χ0) is 23.5. The molecule has 0 radical (unpaired) electrons. The highest BCUT2D eigenvalue weighted by Gasteiger charge is 2.43. The van der Waals surface area contributed by atoms with Crippen LogP contribution in [0, 0.1) is 23.6 Å². The Kier molecular flexibility index (Phi) is 7.02. The topological polar surface area (TPSA) is 97.4 Å². The molecule has 3 aromatic rings. The highest BCUT2D eigenvalue weighted by atomic mass is 31.0. The summed E-state index contributed by atoms with van der Waals surface area (Å²) in [5.41, 5.74) is 1.25. The van der Waals surface area contributed by atoms with Gasteiger partial charge in [0, 0.05) is 42.7 Å². The molecule has 180 valence electrons. The maximum absolute atomic E-state index is 14.6.